The van der Waals surface area contributed by atoms with Crippen molar-refractivity contribution in [2.24, 2.45) is 16.5 Å². The molecule has 10 nitrogen and oxygen atoms in total. The number of carbonyl (C=O) groups excluding carboxylic acids is 2. The lowest BCUT2D eigenvalue weighted by Crippen LogP contribution is -2.54. The molecule has 2 aromatic rings. The number of thiophene rings is 1. The summed E-state index contributed by atoms with van der Waals surface area (Å²) < 4.78 is 28.0. The third-order valence-corrected chi connectivity index (χ3v) is 8.25. The monoisotopic (exact) mass is 486 g/mol. The zero-order valence-electron chi connectivity index (χ0n) is 16.6. The molecule has 5 N–H and O–H groups in total. The van der Waals surface area contributed by atoms with E-state index in [9.17, 15) is 18.0 Å². The third-order valence-electron chi connectivity index (χ3n) is 4.62. The van der Waals surface area contributed by atoms with Gasteiger partial charge in [-0.1, -0.05) is 17.7 Å². The third kappa shape index (κ3) is 5.85. The SMILES string of the molecule is NC(N)=NCCCNC(=O)CN1CCN(S(=O)(=O)c2cc3ccc(Cl)cc3s2)CC1=O. The van der Waals surface area contributed by atoms with Crippen molar-refractivity contribution in [1.82, 2.24) is 14.5 Å². The van der Waals surface area contributed by atoms with Gasteiger partial charge in [0, 0.05) is 35.9 Å². The van der Waals surface area contributed by atoms with Crippen molar-refractivity contribution in [3.8, 4) is 0 Å². The van der Waals surface area contributed by atoms with Crippen molar-refractivity contribution in [2.75, 3.05) is 39.3 Å². The minimum absolute atomic E-state index is 0.0100. The van der Waals surface area contributed by atoms with E-state index in [0.29, 0.717) is 24.5 Å². The van der Waals surface area contributed by atoms with Crippen molar-refractivity contribution >= 4 is 60.8 Å². The minimum Gasteiger partial charge on any atom is -0.370 e. The molecule has 31 heavy (non-hydrogen) atoms. The van der Waals surface area contributed by atoms with Crippen LogP contribution in [-0.4, -0.2) is 74.7 Å². The molecule has 3 rings (SSSR count). The molecule has 0 spiro atoms. The number of benzene rings is 1. The Hall–Kier alpha value is -2.41. The van der Waals surface area contributed by atoms with Crippen LogP contribution in [0.3, 0.4) is 0 Å². The zero-order valence-corrected chi connectivity index (χ0v) is 19.0. The molecule has 1 fully saturated rings. The molecule has 0 aliphatic carbocycles. The minimum atomic E-state index is -3.82. The number of nitrogens with zero attached hydrogens (tertiary/aromatic N) is 3. The Balaban J connectivity index is 1.55. The molecule has 0 radical (unpaired) electrons. The summed E-state index contributed by atoms with van der Waals surface area (Å²) in [4.78, 5) is 29.7. The van der Waals surface area contributed by atoms with Gasteiger partial charge in [0.15, 0.2) is 5.96 Å². The Labute approximate surface area is 188 Å². The number of nitrogens with two attached hydrogens (primary N) is 2. The fourth-order valence-electron chi connectivity index (χ4n) is 3.04. The fourth-order valence-corrected chi connectivity index (χ4v) is 6.25. The van der Waals surface area contributed by atoms with Gasteiger partial charge in [0.25, 0.3) is 10.0 Å². The fraction of sp³-hybridized carbons (Fsp3) is 0.389. The van der Waals surface area contributed by atoms with Crippen molar-refractivity contribution in [1.29, 1.82) is 0 Å². The number of piperazine rings is 1. The van der Waals surface area contributed by atoms with Crippen molar-refractivity contribution in [2.45, 2.75) is 10.6 Å². The molecule has 1 aromatic carbocycles. The van der Waals surface area contributed by atoms with Gasteiger partial charge in [-0.25, -0.2) is 8.42 Å². The van der Waals surface area contributed by atoms with E-state index in [2.05, 4.69) is 10.3 Å². The van der Waals surface area contributed by atoms with Crippen LogP contribution in [0.4, 0.5) is 0 Å². The number of guanidine groups is 1. The van der Waals surface area contributed by atoms with Crippen LogP contribution in [0, 0.1) is 0 Å². The van der Waals surface area contributed by atoms with E-state index >= 15 is 0 Å². The van der Waals surface area contributed by atoms with E-state index in [1.165, 1.54) is 4.90 Å². The number of sulfonamides is 1. The Bertz CT molecular complexity index is 1110. The maximum Gasteiger partial charge on any atom is 0.253 e. The molecule has 1 aliphatic heterocycles. The van der Waals surface area contributed by atoms with Gasteiger partial charge in [0.1, 0.15) is 4.21 Å². The van der Waals surface area contributed by atoms with Gasteiger partial charge in [-0.2, -0.15) is 4.31 Å². The molecule has 1 aromatic heterocycles. The summed E-state index contributed by atoms with van der Waals surface area (Å²) in [6, 6.07) is 6.74. The van der Waals surface area contributed by atoms with E-state index < -0.39 is 15.9 Å². The Morgan fingerprint density at radius 1 is 1.26 bits per heavy atom. The first-order chi connectivity index (χ1) is 14.7. The Kier molecular flexibility index (Phi) is 7.36. The topological polar surface area (TPSA) is 151 Å². The predicted molar refractivity (Wildman–Crippen MR) is 120 cm³/mol. The molecule has 0 atom stereocenters. The molecule has 2 amide bonds. The molecule has 0 bridgehead atoms. The van der Waals surface area contributed by atoms with Gasteiger partial charge in [0.2, 0.25) is 11.8 Å². The number of halogens is 1. The summed E-state index contributed by atoms with van der Waals surface area (Å²) in [5, 5.41) is 3.98. The second-order valence-electron chi connectivity index (χ2n) is 6.91. The van der Waals surface area contributed by atoms with Crippen LogP contribution < -0.4 is 16.8 Å². The molecule has 2 heterocycles. The lowest BCUT2D eigenvalue weighted by Gasteiger charge is -2.32. The van der Waals surface area contributed by atoms with E-state index in [0.717, 1.165) is 25.7 Å². The highest BCUT2D eigenvalue weighted by Gasteiger charge is 2.34. The second kappa shape index (κ2) is 9.81. The number of amides is 2. The summed E-state index contributed by atoms with van der Waals surface area (Å²) in [5.74, 6) is -0.755. The number of fused-ring (bicyclic) bond motifs is 1. The van der Waals surface area contributed by atoms with Crippen molar-refractivity contribution < 1.29 is 18.0 Å². The number of hydrogen-bond acceptors (Lipinski definition) is 6. The molecule has 1 saturated heterocycles. The van der Waals surface area contributed by atoms with Crippen LogP contribution in [0.25, 0.3) is 10.1 Å². The maximum absolute atomic E-state index is 13.0. The predicted octanol–water partition coefficient (Wildman–Crippen LogP) is 0.167. The molecule has 0 saturated carbocycles. The number of carbonyl (C=O) groups is 2. The maximum atomic E-state index is 13.0. The van der Waals surface area contributed by atoms with Gasteiger partial charge < -0.3 is 21.7 Å². The van der Waals surface area contributed by atoms with Crippen LogP contribution >= 0.6 is 22.9 Å². The number of nitrogens with one attached hydrogen (secondary N) is 1. The largest absolute Gasteiger partial charge is 0.370 e. The van der Waals surface area contributed by atoms with Crippen LogP contribution in [0.15, 0.2) is 33.5 Å². The van der Waals surface area contributed by atoms with Crippen LogP contribution in [-0.2, 0) is 19.6 Å². The van der Waals surface area contributed by atoms with E-state index in [4.69, 9.17) is 23.1 Å². The van der Waals surface area contributed by atoms with Gasteiger partial charge in [0.05, 0.1) is 13.1 Å². The van der Waals surface area contributed by atoms with E-state index in [1.807, 2.05) is 0 Å². The quantitative estimate of drug-likeness (QED) is 0.275. The molecular weight excluding hydrogens is 464 g/mol. The molecular formula is C18H23ClN6O4S2. The highest BCUT2D eigenvalue weighted by Crippen LogP contribution is 2.33. The van der Waals surface area contributed by atoms with Crippen LogP contribution in [0.2, 0.25) is 5.02 Å². The standard InChI is InChI=1S/C18H23ClN6O4S2/c19-13-3-2-12-8-17(30-14(12)9-13)31(28,29)25-7-6-24(16(27)11-25)10-15(26)22-4-1-5-23-18(20)21/h2-3,8-9H,1,4-7,10-11H2,(H,22,26)(H4,20,21,23). The summed E-state index contributed by atoms with van der Waals surface area (Å²) in [5.41, 5.74) is 10.4. The van der Waals surface area contributed by atoms with Crippen molar-refractivity contribution in [3.63, 3.8) is 0 Å². The lowest BCUT2D eigenvalue weighted by atomic mass is 10.3. The smallest absolute Gasteiger partial charge is 0.253 e. The lowest BCUT2D eigenvalue weighted by molar-refractivity contribution is -0.138. The van der Waals surface area contributed by atoms with Gasteiger partial charge in [-0.15, -0.1) is 11.3 Å². The summed E-state index contributed by atoms with van der Waals surface area (Å²) in [7, 11) is -3.82. The second-order valence-corrected chi connectivity index (χ2v) is 10.6. The number of hydrogen-bond donors (Lipinski definition) is 3. The van der Waals surface area contributed by atoms with E-state index in [-0.39, 0.29) is 42.3 Å². The molecule has 0 unspecified atom stereocenters. The number of rotatable bonds is 8. The summed E-state index contributed by atoms with van der Waals surface area (Å²) in [6.45, 7) is 0.568. The van der Waals surface area contributed by atoms with Gasteiger partial charge in [-0.3, -0.25) is 14.6 Å². The first-order valence-electron chi connectivity index (χ1n) is 9.46. The molecule has 168 valence electrons. The zero-order chi connectivity index (χ0) is 22.6. The summed E-state index contributed by atoms with van der Waals surface area (Å²) >= 11 is 7.09. The summed E-state index contributed by atoms with van der Waals surface area (Å²) in [6.07, 6.45) is 0.560. The van der Waals surface area contributed by atoms with Crippen LogP contribution in [0.5, 0.6) is 0 Å². The molecule has 13 heteroatoms. The average Bonchev–Trinajstić information content (AvgIpc) is 3.13. The highest BCUT2D eigenvalue weighted by molar-refractivity contribution is 7.91. The van der Waals surface area contributed by atoms with E-state index in [1.54, 1.807) is 24.3 Å². The van der Waals surface area contributed by atoms with Gasteiger partial charge in [-0.05, 0) is 30.0 Å². The normalized spacial score (nSPS) is 15.3. The average molecular weight is 487 g/mol. The van der Waals surface area contributed by atoms with Gasteiger partial charge >= 0.3 is 0 Å². The first-order valence-corrected chi connectivity index (χ1v) is 12.1. The Morgan fingerprint density at radius 3 is 2.74 bits per heavy atom. The molecule has 1 aliphatic rings. The highest BCUT2D eigenvalue weighted by atomic mass is 35.5. The first kappa shape index (κ1) is 23.3. The van der Waals surface area contributed by atoms with Crippen molar-refractivity contribution in [3.05, 3.63) is 29.3 Å². The van der Waals surface area contributed by atoms with Crippen LogP contribution in [0.1, 0.15) is 6.42 Å². The Morgan fingerprint density at radius 2 is 2.03 bits per heavy atom. The number of aliphatic imine (C=N–C) groups is 1.